The largest absolute Gasteiger partial charge is 0.388 e. The minimum absolute atomic E-state index is 0.918. The Morgan fingerprint density at radius 1 is 0.947 bits per heavy atom. The van der Waals surface area contributed by atoms with E-state index < -0.39 is 0 Å². The molecule has 0 aliphatic heterocycles. The Labute approximate surface area is 115 Å². The number of hydrogen-bond acceptors (Lipinski definition) is 2. The molecule has 2 N–H and O–H groups in total. The number of benzene rings is 2. The molecule has 2 heteroatoms. The zero-order valence-corrected chi connectivity index (χ0v) is 11.7. The maximum absolute atomic E-state index is 3.49. The SMILES string of the molecule is CNc1cccc(CNCCc2ccc(C)cc2)c1. The average molecular weight is 254 g/mol. The Hall–Kier alpha value is -1.80. The standard InChI is InChI=1S/C17H22N2/c1-14-6-8-15(9-7-14)10-11-19-13-16-4-3-5-17(12-16)18-2/h3-9,12,18-19H,10-11,13H2,1-2H3. The molecule has 0 amide bonds. The molecule has 2 aromatic carbocycles. The highest BCUT2D eigenvalue weighted by Crippen LogP contribution is 2.09. The maximum Gasteiger partial charge on any atom is 0.0340 e. The molecule has 0 radical (unpaired) electrons. The summed E-state index contributed by atoms with van der Waals surface area (Å²) in [5.74, 6) is 0. The summed E-state index contributed by atoms with van der Waals surface area (Å²) >= 11 is 0. The Kier molecular flexibility index (Phi) is 4.99. The normalized spacial score (nSPS) is 10.4. The number of anilines is 1. The van der Waals surface area contributed by atoms with Crippen LogP contribution < -0.4 is 10.6 Å². The molecule has 0 saturated heterocycles. The highest BCUT2D eigenvalue weighted by molar-refractivity contribution is 5.44. The summed E-state index contributed by atoms with van der Waals surface area (Å²) in [6.07, 6.45) is 1.08. The van der Waals surface area contributed by atoms with Gasteiger partial charge in [-0.05, 0) is 43.1 Å². The van der Waals surface area contributed by atoms with Crippen LogP contribution in [0.15, 0.2) is 48.5 Å². The fourth-order valence-electron chi connectivity index (χ4n) is 2.06. The zero-order chi connectivity index (χ0) is 13.5. The lowest BCUT2D eigenvalue weighted by Crippen LogP contribution is -2.16. The van der Waals surface area contributed by atoms with Crippen LogP contribution in [0.4, 0.5) is 5.69 Å². The van der Waals surface area contributed by atoms with Crippen molar-refractivity contribution in [1.29, 1.82) is 0 Å². The summed E-state index contributed by atoms with van der Waals surface area (Å²) in [4.78, 5) is 0. The summed E-state index contributed by atoms with van der Waals surface area (Å²) < 4.78 is 0. The Morgan fingerprint density at radius 3 is 2.47 bits per heavy atom. The van der Waals surface area contributed by atoms with Crippen molar-refractivity contribution >= 4 is 5.69 Å². The topological polar surface area (TPSA) is 24.1 Å². The van der Waals surface area contributed by atoms with E-state index in [0.29, 0.717) is 0 Å². The molecular weight excluding hydrogens is 232 g/mol. The third-order valence-electron chi connectivity index (χ3n) is 3.26. The summed E-state index contributed by atoms with van der Waals surface area (Å²) in [7, 11) is 1.95. The molecule has 0 heterocycles. The third-order valence-corrected chi connectivity index (χ3v) is 3.26. The van der Waals surface area contributed by atoms with Gasteiger partial charge in [0.05, 0.1) is 0 Å². The van der Waals surface area contributed by atoms with Gasteiger partial charge in [-0.3, -0.25) is 0 Å². The Balaban J connectivity index is 1.75. The minimum atomic E-state index is 0.918. The summed E-state index contributed by atoms with van der Waals surface area (Å²) in [5.41, 5.74) is 5.19. The van der Waals surface area contributed by atoms with Gasteiger partial charge in [-0.1, -0.05) is 42.0 Å². The van der Waals surface area contributed by atoms with E-state index in [0.717, 1.165) is 25.2 Å². The molecule has 2 nitrogen and oxygen atoms in total. The number of aryl methyl sites for hydroxylation is 1. The van der Waals surface area contributed by atoms with Crippen LogP contribution in [0.25, 0.3) is 0 Å². The van der Waals surface area contributed by atoms with Gasteiger partial charge in [-0.25, -0.2) is 0 Å². The van der Waals surface area contributed by atoms with Crippen LogP contribution >= 0.6 is 0 Å². The van der Waals surface area contributed by atoms with E-state index in [2.05, 4.69) is 66.1 Å². The molecule has 0 fully saturated rings. The first-order valence-corrected chi connectivity index (χ1v) is 6.81. The quantitative estimate of drug-likeness (QED) is 0.772. The lowest BCUT2D eigenvalue weighted by atomic mass is 10.1. The summed E-state index contributed by atoms with van der Waals surface area (Å²) in [5, 5.41) is 6.65. The van der Waals surface area contributed by atoms with Crippen LogP contribution in [0.2, 0.25) is 0 Å². The molecule has 0 aromatic heterocycles. The van der Waals surface area contributed by atoms with Crippen LogP contribution in [-0.2, 0) is 13.0 Å². The molecular formula is C17H22N2. The van der Waals surface area contributed by atoms with Gasteiger partial charge < -0.3 is 10.6 Å². The molecule has 0 bridgehead atoms. The molecule has 19 heavy (non-hydrogen) atoms. The molecule has 0 spiro atoms. The van der Waals surface area contributed by atoms with Gasteiger partial charge >= 0.3 is 0 Å². The predicted octanol–water partition coefficient (Wildman–Crippen LogP) is 3.37. The van der Waals surface area contributed by atoms with E-state index in [4.69, 9.17) is 0 Å². The Bertz CT molecular complexity index is 503. The highest BCUT2D eigenvalue weighted by atomic mass is 14.8. The smallest absolute Gasteiger partial charge is 0.0340 e. The fourth-order valence-corrected chi connectivity index (χ4v) is 2.06. The van der Waals surface area contributed by atoms with Crippen LogP contribution in [0.1, 0.15) is 16.7 Å². The summed E-state index contributed by atoms with van der Waals surface area (Å²) in [6, 6.07) is 17.3. The average Bonchev–Trinajstić information content (AvgIpc) is 2.46. The number of hydrogen-bond donors (Lipinski definition) is 2. The monoisotopic (exact) mass is 254 g/mol. The minimum Gasteiger partial charge on any atom is -0.388 e. The van der Waals surface area contributed by atoms with Crippen molar-refractivity contribution in [3.63, 3.8) is 0 Å². The molecule has 2 rings (SSSR count). The van der Waals surface area contributed by atoms with E-state index in [1.54, 1.807) is 0 Å². The van der Waals surface area contributed by atoms with Crippen molar-refractivity contribution < 1.29 is 0 Å². The van der Waals surface area contributed by atoms with Crippen molar-refractivity contribution in [1.82, 2.24) is 5.32 Å². The van der Waals surface area contributed by atoms with E-state index in [9.17, 15) is 0 Å². The van der Waals surface area contributed by atoms with Crippen LogP contribution in [0, 0.1) is 6.92 Å². The lowest BCUT2D eigenvalue weighted by molar-refractivity contribution is 0.687. The van der Waals surface area contributed by atoms with Gasteiger partial charge in [0.15, 0.2) is 0 Å². The van der Waals surface area contributed by atoms with Crippen molar-refractivity contribution in [2.24, 2.45) is 0 Å². The number of rotatable bonds is 6. The lowest BCUT2D eigenvalue weighted by Gasteiger charge is -2.07. The second-order valence-corrected chi connectivity index (χ2v) is 4.86. The number of nitrogens with one attached hydrogen (secondary N) is 2. The van der Waals surface area contributed by atoms with Gasteiger partial charge in [-0.15, -0.1) is 0 Å². The molecule has 0 atom stereocenters. The van der Waals surface area contributed by atoms with Gasteiger partial charge in [0.25, 0.3) is 0 Å². The predicted molar refractivity (Wildman–Crippen MR) is 82.6 cm³/mol. The van der Waals surface area contributed by atoms with Crippen LogP contribution in [0.3, 0.4) is 0 Å². The maximum atomic E-state index is 3.49. The first kappa shape index (κ1) is 13.6. The first-order valence-electron chi connectivity index (χ1n) is 6.81. The van der Waals surface area contributed by atoms with Gasteiger partial charge in [0, 0.05) is 19.3 Å². The highest BCUT2D eigenvalue weighted by Gasteiger charge is 1.96. The molecule has 0 aliphatic carbocycles. The molecule has 0 saturated carbocycles. The van der Waals surface area contributed by atoms with Crippen molar-refractivity contribution in [3.8, 4) is 0 Å². The second-order valence-electron chi connectivity index (χ2n) is 4.86. The van der Waals surface area contributed by atoms with Gasteiger partial charge in [0.2, 0.25) is 0 Å². The first-order chi connectivity index (χ1) is 9.28. The third kappa shape index (κ3) is 4.42. The second kappa shape index (κ2) is 6.95. The molecule has 2 aromatic rings. The molecule has 0 aliphatic rings. The fraction of sp³-hybridized carbons (Fsp3) is 0.294. The molecule has 100 valence electrons. The zero-order valence-electron chi connectivity index (χ0n) is 11.7. The Morgan fingerprint density at radius 2 is 1.74 bits per heavy atom. The van der Waals surface area contributed by atoms with Crippen molar-refractivity contribution in [3.05, 3.63) is 65.2 Å². The van der Waals surface area contributed by atoms with E-state index >= 15 is 0 Å². The van der Waals surface area contributed by atoms with Gasteiger partial charge in [-0.2, -0.15) is 0 Å². The van der Waals surface area contributed by atoms with Crippen molar-refractivity contribution in [2.45, 2.75) is 19.9 Å². The van der Waals surface area contributed by atoms with Gasteiger partial charge in [0.1, 0.15) is 0 Å². The van der Waals surface area contributed by atoms with Crippen molar-refractivity contribution in [2.75, 3.05) is 18.9 Å². The molecule has 0 unspecified atom stereocenters. The van der Waals surface area contributed by atoms with E-state index in [1.807, 2.05) is 7.05 Å². The summed E-state index contributed by atoms with van der Waals surface area (Å²) in [6.45, 7) is 4.05. The van der Waals surface area contributed by atoms with Crippen LogP contribution in [-0.4, -0.2) is 13.6 Å². The van der Waals surface area contributed by atoms with Crippen LogP contribution in [0.5, 0.6) is 0 Å². The van der Waals surface area contributed by atoms with E-state index in [1.165, 1.54) is 16.7 Å². The van der Waals surface area contributed by atoms with E-state index in [-0.39, 0.29) is 0 Å².